The maximum atomic E-state index is 12.5. The fourth-order valence-electron chi connectivity index (χ4n) is 1.37. The van der Waals surface area contributed by atoms with Crippen LogP contribution in [-0.4, -0.2) is 26.3 Å². The number of sulfone groups is 1. The first-order chi connectivity index (χ1) is 7.75. The number of nitrogens with two attached hydrogens (primary N) is 1. The number of benzene rings is 1. The monoisotopic (exact) mass is 257 g/mol. The van der Waals surface area contributed by atoms with Crippen molar-refractivity contribution in [2.45, 2.75) is 36.5 Å². The minimum atomic E-state index is -3.53. The van der Waals surface area contributed by atoms with Gasteiger partial charge in [0.05, 0.1) is 11.9 Å². The molecule has 0 fully saturated rings. The molecular weight excluding hydrogens is 238 g/mol. The second-order valence-electron chi connectivity index (χ2n) is 4.55. The molecule has 5 heteroatoms. The van der Waals surface area contributed by atoms with Crippen molar-refractivity contribution in [1.82, 2.24) is 0 Å². The Labute approximate surface area is 103 Å². The van der Waals surface area contributed by atoms with E-state index in [4.69, 9.17) is 10.5 Å². The highest BCUT2D eigenvalue weighted by Gasteiger charge is 2.40. The highest BCUT2D eigenvalue weighted by atomic mass is 32.2. The van der Waals surface area contributed by atoms with Crippen molar-refractivity contribution >= 4 is 9.84 Å². The lowest BCUT2D eigenvalue weighted by molar-refractivity contribution is 0.400. The quantitative estimate of drug-likeness (QED) is 0.889. The van der Waals surface area contributed by atoms with Gasteiger partial charge in [-0.2, -0.15) is 0 Å². The van der Waals surface area contributed by atoms with Gasteiger partial charge in [-0.25, -0.2) is 8.42 Å². The van der Waals surface area contributed by atoms with Gasteiger partial charge >= 0.3 is 0 Å². The summed E-state index contributed by atoms with van der Waals surface area (Å²) in [6.07, 6.45) is 0. The molecular formula is C12H19NO3S. The van der Waals surface area contributed by atoms with E-state index in [-0.39, 0.29) is 4.90 Å². The van der Waals surface area contributed by atoms with Crippen molar-refractivity contribution in [3.8, 4) is 5.75 Å². The number of rotatable bonds is 4. The topological polar surface area (TPSA) is 69.4 Å². The van der Waals surface area contributed by atoms with Crippen molar-refractivity contribution in [2.24, 2.45) is 5.73 Å². The molecule has 0 aliphatic carbocycles. The zero-order chi connectivity index (χ0) is 13.3. The molecule has 0 aliphatic rings. The van der Waals surface area contributed by atoms with Crippen LogP contribution in [-0.2, 0) is 9.84 Å². The van der Waals surface area contributed by atoms with E-state index >= 15 is 0 Å². The molecule has 0 saturated heterocycles. The highest BCUT2D eigenvalue weighted by Crippen LogP contribution is 2.33. The summed E-state index contributed by atoms with van der Waals surface area (Å²) in [6, 6.07) is 6.10. The van der Waals surface area contributed by atoms with Crippen LogP contribution < -0.4 is 10.5 Å². The summed E-state index contributed by atoms with van der Waals surface area (Å²) in [7, 11) is -2.08. The first-order valence-corrected chi connectivity index (χ1v) is 6.86. The molecule has 4 nitrogen and oxygen atoms in total. The summed E-state index contributed by atoms with van der Waals surface area (Å²) in [5, 5.41) is 0. The van der Waals surface area contributed by atoms with Crippen LogP contribution in [0.2, 0.25) is 0 Å². The zero-order valence-corrected chi connectivity index (χ0v) is 11.4. The molecule has 0 spiro atoms. The van der Waals surface area contributed by atoms with E-state index in [2.05, 4.69) is 0 Å². The Morgan fingerprint density at radius 2 is 1.82 bits per heavy atom. The maximum absolute atomic E-state index is 12.5. The van der Waals surface area contributed by atoms with Gasteiger partial charge in [0, 0.05) is 6.04 Å². The predicted octanol–water partition coefficient (Wildman–Crippen LogP) is 1.59. The molecule has 2 N–H and O–H groups in total. The Bertz CT molecular complexity index is 492. The van der Waals surface area contributed by atoms with Gasteiger partial charge in [-0.1, -0.05) is 12.1 Å². The van der Waals surface area contributed by atoms with Crippen LogP contribution >= 0.6 is 0 Å². The zero-order valence-electron chi connectivity index (χ0n) is 10.6. The van der Waals surface area contributed by atoms with Gasteiger partial charge in [-0.3, -0.25) is 0 Å². The van der Waals surface area contributed by atoms with Gasteiger partial charge < -0.3 is 10.5 Å². The molecule has 17 heavy (non-hydrogen) atoms. The Morgan fingerprint density at radius 3 is 2.29 bits per heavy atom. The van der Waals surface area contributed by atoms with Crippen LogP contribution in [0.4, 0.5) is 0 Å². The molecule has 1 atom stereocenters. The fraction of sp³-hybridized carbons (Fsp3) is 0.500. The number of methoxy groups -OCH3 is 1. The molecule has 0 bridgehead atoms. The Hall–Kier alpha value is -1.07. The van der Waals surface area contributed by atoms with Gasteiger partial charge in [0.25, 0.3) is 0 Å². The highest BCUT2D eigenvalue weighted by molar-refractivity contribution is 7.93. The summed E-state index contributed by atoms with van der Waals surface area (Å²) in [5.74, 6) is 0.348. The Morgan fingerprint density at radius 1 is 1.29 bits per heavy atom. The maximum Gasteiger partial charge on any atom is 0.188 e. The van der Waals surface area contributed by atoms with Crippen molar-refractivity contribution in [3.05, 3.63) is 24.3 Å². The van der Waals surface area contributed by atoms with Gasteiger partial charge in [0.15, 0.2) is 9.84 Å². The van der Waals surface area contributed by atoms with Gasteiger partial charge in [0.1, 0.15) is 10.6 Å². The van der Waals surface area contributed by atoms with Crippen molar-refractivity contribution < 1.29 is 13.2 Å². The largest absolute Gasteiger partial charge is 0.495 e. The number of hydrogen-bond donors (Lipinski definition) is 1. The lowest BCUT2D eigenvalue weighted by Gasteiger charge is -2.29. The third-order valence-corrected chi connectivity index (χ3v) is 5.82. The van der Waals surface area contributed by atoms with Crippen LogP contribution in [0.25, 0.3) is 0 Å². The summed E-state index contributed by atoms with van der Waals surface area (Å²) in [4.78, 5) is 0.185. The summed E-state index contributed by atoms with van der Waals surface area (Å²) >= 11 is 0. The van der Waals surface area contributed by atoms with E-state index in [0.29, 0.717) is 5.75 Å². The van der Waals surface area contributed by atoms with Gasteiger partial charge in [-0.15, -0.1) is 0 Å². The SMILES string of the molecule is COc1ccccc1S(=O)(=O)C(C)(C)C(C)N. The average molecular weight is 257 g/mol. The number of ether oxygens (including phenoxy) is 1. The van der Waals surface area contributed by atoms with Gasteiger partial charge in [0.2, 0.25) is 0 Å². The molecule has 0 radical (unpaired) electrons. The second kappa shape index (κ2) is 4.66. The molecule has 0 aliphatic heterocycles. The number of hydrogen-bond acceptors (Lipinski definition) is 4. The van der Waals surface area contributed by atoms with E-state index in [1.54, 1.807) is 39.0 Å². The van der Waals surface area contributed by atoms with E-state index in [9.17, 15) is 8.42 Å². The van der Waals surface area contributed by atoms with Crippen LogP contribution in [0.3, 0.4) is 0 Å². The van der Waals surface area contributed by atoms with Crippen molar-refractivity contribution in [2.75, 3.05) is 7.11 Å². The van der Waals surface area contributed by atoms with Gasteiger partial charge in [-0.05, 0) is 32.9 Å². The van der Waals surface area contributed by atoms with Crippen LogP contribution in [0.15, 0.2) is 29.2 Å². The fourth-order valence-corrected chi connectivity index (χ4v) is 3.10. The molecule has 1 aromatic rings. The first kappa shape index (κ1) is 14.0. The molecule has 1 rings (SSSR count). The minimum Gasteiger partial charge on any atom is -0.495 e. The molecule has 0 saturated carbocycles. The van der Waals surface area contributed by atoms with Crippen molar-refractivity contribution in [1.29, 1.82) is 0 Å². The third-order valence-electron chi connectivity index (χ3n) is 3.15. The summed E-state index contributed by atoms with van der Waals surface area (Å²) < 4.78 is 29.1. The standard InChI is InChI=1S/C12H19NO3S/c1-9(13)12(2,3)17(14,15)11-8-6-5-7-10(11)16-4/h5-9H,13H2,1-4H3. The normalized spacial score (nSPS) is 14.4. The van der Waals surface area contributed by atoms with Crippen LogP contribution in [0, 0.1) is 0 Å². The number of para-hydroxylation sites is 1. The van der Waals surface area contributed by atoms with Crippen LogP contribution in [0.1, 0.15) is 20.8 Å². The minimum absolute atomic E-state index is 0.185. The molecule has 0 aromatic heterocycles. The molecule has 0 amide bonds. The van der Waals surface area contributed by atoms with E-state index in [1.807, 2.05) is 0 Å². The predicted molar refractivity (Wildman–Crippen MR) is 67.9 cm³/mol. The lowest BCUT2D eigenvalue weighted by Crippen LogP contribution is -2.47. The summed E-state index contributed by atoms with van der Waals surface area (Å²) in [6.45, 7) is 4.94. The Kier molecular flexibility index (Phi) is 3.84. The van der Waals surface area contributed by atoms with E-state index in [1.165, 1.54) is 13.2 Å². The van der Waals surface area contributed by atoms with E-state index < -0.39 is 20.6 Å². The molecule has 0 heterocycles. The lowest BCUT2D eigenvalue weighted by atomic mass is 10.1. The molecule has 1 unspecified atom stereocenters. The molecule has 1 aromatic carbocycles. The second-order valence-corrected chi connectivity index (χ2v) is 7.05. The van der Waals surface area contributed by atoms with Crippen molar-refractivity contribution in [3.63, 3.8) is 0 Å². The summed E-state index contributed by atoms with van der Waals surface area (Å²) in [5.41, 5.74) is 5.77. The average Bonchev–Trinajstić information content (AvgIpc) is 2.28. The smallest absolute Gasteiger partial charge is 0.188 e. The Balaban J connectivity index is 3.42. The van der Waals surface area contributed by atoms with E-state index in [0.717, 1.165) is 0 Å². The third kappa shape index (κ3) is 2.30. The first-order valence-electron chi connectivity index (χ1n) is 5.38. The van der Waals surface area contributed by atoms with Crippen LogP contribution in [0.5, 0.6) is 5.75 Å². The molecule has 96 valence electrons.